The van der Waals surface area contributed by atoms with Gasteiger partial charge in [-0.1, -0.05) is 91.5 Å². The summed E-state index contributed by atoms with van der Waals surface area (Å²) >= 11 is 7.69. The van der Waals surface area contributed by atoms with Crippen LogP contribution >= 0.6 is 31.9 Å². The maximum Gasteiger partial charge on any atom is 0.0954 e. The first-order valence-electron chi connectivity index (χ1n) is 6.51. The Morgan fingerprint density at radius 1 is 0.684 bits per heavy atom. The third kappa shape index (κ3) is 2.41. The molecule has 0 N–H and O–H groups in total. The van der Waals surface area contributed by atoms with Gasteiger partial charge in [0.1, 0.15) is 0 Å². The number of rotatable bonds is 2. The third-order valence-electron chi connectivity index (χ3n) is 3.93. The highest BCUT2D eigenvalue weighted by molar-refractivity contribution is 9.25. The molecular weight excluding hydrogens is 364 g/mol. The minimum Gasteiger partial charge on any atom is -0.0713 e. The van der Waals surface area contributed by atoms with Gasteiger partial charge in [0.05, 0.1) is 3.23 Å². The SMILES string of the molecule is Cc1ccc([C@H]2[C@H](c3ccc(C)cc3)C2(Br)Br)cc1. The van der Waals surface area contributed by atoms with Crippen LogP contribution in [0, 0.1) is 13.8 Å². The number of benzene rings is 2. The summed E-state index contributed by atoms with van der Waals surface area (Å²) in [5, 5.41) is 0. The van der Waals surface area contributed by atoms with Gasteiger partial charge in [-0.2, -0.15) is 0 Å². The summed E-state index contributed by atoms with van der Waals surface area (Å²) in [6, 6.07) is 17.7. The van der Waals surface area contributed by atoms with Gasteiger partial charge in [0.25, 0.3) is 0 Å². The first-order chi connectivity index (χ1) is 9.00. The van der Waals surface area contributed by atoms with Gasteiger partial charge in [-0.25, -0.2) is 0 Å². The zero-order chi connectivity index (χ0) is 13.6. The van der Waals surface area contributed by atoms with E-state index in [4.69, 9.17) is 0 Å². The molecule has 2 aromatic carbocycles. The average Bonchev–Trinajstić information content (AvgIpc) is 2.94. The van der Waals surface area contributed by atoms with Crippen LogP contribution in [-0.2, 0) is 0 Å². The van der Waals surface area contributed by atoms with Crippen molar-refractivity contribution in [3.8, 4) is 0 Å². The van der Waals surface area contributed by atoms with Crippen molar-refractivity contribution in [3.05, 3.63) is 70.8 Å². The molecule has 0 aromatic heterocycles. The molecule has 0 heterocycles. The van der Waals surface area contributed by atoms with Gasteiger partial charge >= 0.3 is 0 Å². The van der Waals surface area contributed by atoms with E-state index in [0.29, 0.717) is 11.8 Å². The average molecular weight is 380 g/mol. The minimum absolute atomic E-state index is 0.00448. The van der Waals surface area contributed by atoms with Crippen LogP contribution in [-0.4, -0.2) is 3.23 Å². The van der Waals surface area contributed by atoms with E-state index in [0.717, 1.165) is 0 Å². The molecule has 0 radical (unpaired) electrons. The second-order valence-electron chi connectivity index (χ2n) is 5.45. The number of aryl methyl sites for hydroxylation is 2. The van der Waals surface area contributed by atoms with Crippen molar-refractivity contribution in [1.82, 2.24) is 0 Å². The van der Waals surface area contributed by atoms with E-state index >= 15 is 0 Å². The van der Waals surface area contributed by atoms with Gasteiger partial charge in [-0.3, -0.25) is 0 Å². The fraction of sp³-hybridized carbons (Fsp3) is 0.294. The molecule has 2 aromatic rings. The molecular formula is C17H16Br2. The summed E-state index contributed by atoms with van der Waals surface area (Å²) < 4.78 is 0.00448. The highest BCUT2D eigenvalue weighted by Crippen LogP contribution is 2.72. The van der Waals surface area contributed by atoms with Crippen LogP contribution in [0.2, 0.25) is 0 Å². The first-order valence-corrected chi connectivity index (χ1v) is 8.09. The van der Waals surface area contributed by atoms with Crippen LogP contribution < -0.4 is 0 Å². The predicted molar refractivity (Wildman–Crippen MR) is 88.4 cm³/mol. The Labute approximate surface area is 131 Å². The van der Waals surface area contributed by atoms with Crippen molar-refractivity contribution in [2.24, 2.45) is 0 Å². The molecule has 1 saturated carbocycles. The molecule has 1 aliphatic rings. The van der Waals surface area contributed by atoms with Crippen molar-refractivity contribution in [3.63, 3.8) is 0 Å². The second-order valence-corrected chi connectivity index (χ2v) is 9.14. The molecule has 1 fully saturated rings. The zero-order valence-electron chi connectivity index (χ0n) is 11.0. The van der Waals surface area contributed by atoms with Gasteiger partial charge in [-0.15, -0.1) is 0 Å². The summed E-state index contributed by atoms with van der Waals surface area (Å²) in [5.41, 5.74) is 5.41. The van der Waals surface area contributed by atoms with Crippen LogP contribution in [0.25, 0.3) is 0 Å². The summed E-state index contributed by atoms with van der Waals surface area (Å²) in [5.74, 6) is 0.992. The molecule has 0 nitrogen and oxygen atoms in total. The summed E-state index contributed by atoms with van der Waals surface area (Å²) in [4.78, 5) is 0. The Hall–Kier alpha value is -0.600. The first kappa shape index (κ1) is 13.4. The molecule has 0 unspecified atom stereocenters. The van der Waals surface area contributed by atoms with Crippen molar-refractivity contribution in [2.75, 3.05) is 0 Å². The van der Waals surface area contributed by atoms with Crippen LogP contribution in [0.15, 0.2) is 48.5 Å². The highest BCUT2D eigenvalue weighted by atomic mass is 79.9. The third-order valence-corrected chi connectivity index (χ3v) is 5.90. The monoisotopic (exact) mass is 378 g/mol. The zero-order valence-corrected chi connectivity index (χ0v) is 14.2. The van der Waals surface area contributed by atoms with Gasteiger partial charge < -0.3 is 0 Å². The fourth-order valence-corrected chi connectivity index (χ4v) is 4.55. The minimum atomic E-state index is 0.00448. The molecule has 0 aliphatic heterocycles. The molecule has 1 aliphatic carbocycles. The molecule has 19 heavy (non-hydrogen) atoms. The topological polar surface area (TPSA) is 0 Å². The van der Waals surface area contributed by atoms with Gasteiger partial charge in [-0.05, 0) is 25.0 Å². The lowest BCUT2D eigenvalue weighted by molar-refractivity contribution is 1.02. The van der Waals surface area contributed by atoms with Crippen molar-refractivity contribution < 1.29 is 0 Å². The Kier molecular flexibility index (Phi) is 3.34. The number of alkyl halides is 2. The van der Waals surface area contributed by atoms with Crippen molar-refractivity contribution in [1.29, 1.82) is 0 Å². The molecule has 0 spiro atoms. The Morgan fingerprint density at radius 3 is 1.32 bits per heavy atom. The van der Waals surface area contributed by atoms with E-state index in [2.05, 4.69) is 94.2 Å². The number of hydrogen-bond donors (Lipinski definition) is 0. The van der Waals surface area contributed by atoms with Gasteiger partial charge in [0, 0.05) is 11.8 Å². The van der Waals surface area contributed by atoms with Gasteiger partial charge in [0.2, 0.25) is 0 Å². The number of halogens is 2. The predicted octanol–water partition coefficient (Wildman–Crippen LogP) is 5.67. The van der Waals surface area contributed by atoms with Crippen LogP contribution in [0.4, 0.5) is 0 Å². The molecule has 0 bridgehead atoms. The Balaban J connectivity index is 1.92. The maximum absolute atomic E-state index is 3.85. The van der Waals surface area contributed by atoms with E-state index in [9.17, 15) is 0 Å². The quantitative estimate of drug-likeness (QED) is 0.589. The van der Waals surface area contributed by atoms with Crippen molar-refractivity contribution >= 4 is 31.9 Å². The summed E-state index contributed by atoms with van der Waals surface area (Å²) in [7, 11) is 0. The normalized spacial score (nSPS) is 24.2. The largest absolute Gasteiger partial charge is 0.0954 e. The lowest BCUT2D eigenvalue weighted by Crippen LogP contribution is -1.88. The summed E-state index contributed by atoms with van der Waals surface area (Å²) in [6.07, 6.45) is 0. The summed E-state index contributed by atoms with van der Waals surface area (Å²) in [6.45, 7) is 4.26. The molecule has 98 valence electrons. The van der Waals surface area contributed by atoms with E-state index < -0.39 is 0 Å². The fourth-order valence-electron chi connectivity index (χ4n) is 2.70. The van der Waals surface area contributed by atoms with E-state index in [-0.39, 0.29) is 3.23 Å². The Bertz CT molecular complexity index is 528. The molecule has 0 saturated heterocycles. The van der Waals surface area contributed by atoms with Crippen LogP contribution in [0.5, 0.6) is 0 Å². The second kappa shape index (κ2) is 4.75. The smallest absolute Gasteiger partial charge is 0.0713 e. The van der Waals surface area contributed by atoms with E-state index in [1.807, 2.05) is 0 Å². The van der Waals surface area contributed by atoms with Crippen LogP contribution in [0.1, 0.15) is 34.1 Å². The van der Waals surface area contributed by atoms with Crippen LogP contribution in [0.3, 0.4) is 0 Å². The lowest BCUT2D eigenvalue weighted by Gasteiger charge is -2.02. The highest BCUT2D eigenvalue weighted by Gasteiger charge is 2.62. The Morgan fingerprint density at radius 2 is 1.00 bits per heavy atom. The standard InChI is InChI=1S/C17H16Br2/c1-11-3-7-13(8-4-11)15-16(17(15,18)19)14-9-5-12(2)6-10-14/h3-10,15-16H,1-2H3/t15-,16-/m0/s1. The number of hydrogen-bond acceptors (Lipinski definition) is 0. The molecule has 0 amide bonds. The van der Waals surface area contributed by atoms with E-state index in [1.165, 1.54) is 22.3 Å². The molecule has 3 rings (SSSR count). The van der Waals surface area contributed by atoms with Crippen molar-refractivity contribution in [2.45, 2.75) is 28.9 Å². The van der Waals surface area contributed by atoms with E-state index in [1.54, 1.807) is 0 Å². The maximum atomic E-state index is 3.85. The lowest BCUT2D eigenvalue weighted by atomic mass is 10.0. The molecule has 2 atom stereocenters. The molecule has 2 heteroatoms. The van der Waals surface area contributed by atoms with Gasteiger partial charge in [0.15, 0.2) is 0 Å².